The van der Waals surface area contributed by atoms with Crippen molar-refractivity contribution in [2.75, 3.05) is 18.9 Å². The van der Waals surface area contributed by atoms with Crippen LogP contribution >= 0.6 is 0 Å². The Balaban J connectivity index is 1.99. The SMILES string of the molecule is CC(C)Cn1ccc2cc(NC(=O)CN(C)C(=O)OC(C)(C)C)ccc21. The first-order valence-corrected chi connectivity index (χ1v) is 8.88. The van der Waals surface area contributed by atoms with Crippen LogP contribution in [0.1, 0.15) is 34.6 Å². The van der Waals surface area contributed by atoms with Gasteiger partial charge in [0.15, 0.2) is 0 Å². The van der Waals surface area contributed by atoms with E-state index in [1.807, 2.05) is 24.3 Å². The van der Waals surface area contributed by atoms with Gasteiger partial charge < -0.3 is 19.5 Å². The molecule has 26 heavy (non-hydrogen) atoms. The molecule has 1 aromatic heterocycles. The molecule has 2 amide bonds. The van der Waals surface area contributed by atoms with Crippen LogP contribution in [0.25, 0.3) is 10.9 Å². The lowest BCUT2D eigenvalue weighted by molar-refractivity contribution is -0.117. The van der Waals surface area contributed by atoms with Crippen LogP contribution in [0.5, 0.6) is 0 Å². The van der Waals surface area contributed by atoms with E-state index >= 15 is 0 Å². The normalized spacial score (nSPS) is 11.7. The molecule has 2 aromatic rings. The first kappa shape index (κ1) is 19.8. The Morgan fingerprint density at radius 2 is 1.92 bits per heavy atom. The van der Waals surface area contributed by atoms with Crippen molar-refractivity contribution in [3.63, 3.8) is 0 Å². The number of anilines is 1. The fourth-order valence-corrected chi connectivity index (χ4v) is 2.65. The van der Waals surface area contributed by atoms with E-state index in [4.69, 9.17) is 4.74 Å². The summed E-state index contributed by atoms with van der Waals surface area (Å²) in [4.78, 5) is 25.4. The molecule has 0 unspecified atom stereocenters. The number of ether oxygens (including phenoxy) is 1. The Labute approximate surface area is 155 Å². The second-order valence-corrected chi connectivity index (χ2v) is 8.02. The van der Waals surface area contributed by atoms with Crippen molar-refractivity contribution in [2.45, 2.75) is 46.8 Å². The third kappa shape index (κ3) is 5.51. The minimum Gasteiger partial charge on any atom is -0.444 e. The fourth-order valence-electron chi connectivity index (χ4n) is 2.65. The van der Waals surface area contributed by atoms with Gasteiger partial charge in [-0.05, 0) is 51.0 Å². The molecule has 2 rings (SSSR count). The van der Waals surface area contributed by atoms with E-state index in [9.17, 15) is 9.59 Å². The number of nitrogens with zero attached hydrogens (tertiary/aromatic N) is 2. The number of nitrogens with one attached hydrogen (secondary N) is 1. The standard InChI is InChI=1S/C20H29N3O3/c1-14(2)12-23-10-9-15-11-16(7-8-17(15)23)21-18(24)13-22(6)19(25)26-20(3,4)5/h7-11,14H,12-13H2,1-6H3,(H,21,24). The van der Waals surface area contributed by atoms with Gasteiger partial charge in [0.25, 0.3) is 0 Å². The molecular formula is C20H29N3O3. The summed E-state index contributed by atoms with van der Waals surface area (Å²) in [5, 5.41) is 3.91. The fraction of sp³-hybridized carbons (Fsp3) is 0.500. The highest BCUT2D eigenvalue weighted by Gasteiger charge is 2.21. The summed E-state index contributed by atoms with van der Waals surface area (Å²) in [5.41, 5.74) is 1.26. The van der Waals surface area contributed by atoms with Gasteiger partial charge in [-0.1, -0.05) is 13.8 Å². The summed E-state index contributed by atoms with van der Waals surface area (Å²) in [6.07, 6.45) is 1.54. The third-order valence-corrected chi connectivity index (χ3v) is 3.70. The summed E-state index contributed by atoms with van der Waals surface area (Å²) in [6.45, 7) is 10.6. The van der Waals surface area contributed by atoms with E-state index in [2.05, 4.69) is 29.9 Å². The van der Waals surface area contributed by atoms with Crippen LogP contribution in [-0.2, 0) is 16.1 Å². The molecule has 0 bridgehead atoms. The molecule has 0 aliphatic rings. The van der Waals surface area contributed by atoms with Crippen molar-refractivity contribution in [3.05, 3.63) is 30.5 Å². The van der Waals surface area contributed by atoms with E-state index in [0.717, 1.165) is 17.4 Å². The minimum absolute atomic E-state index is 0.0681. The van der Waals surface area contributed by atoms with Crippen LogP contribution in [0.15, 0.2) is 30.5 Å². The van der Waals surface area contributed by atoms with Crippen molar-refractivity contribution < 1.29 is 14.3 Å². The molecular weight excluding hydrogens is 330 g/mol. The molecule has 0 radical (unpaired) electrons. The first-order chi connectivity index (χ1) is 12.0. The summed E-state index contributed by atoms with van der Waals surface area (Å²) < 4.78 is 7.46. The molecule has 0 fully saturated rings. The van der Waals surface area contributed by atoms with Crippen LogP contribution in [0.2, 0.25) is 0 Å². The monoisotopic (exact) mass is 359 g/mol. The molecule has 1 heterocycles. The highest BCUT2D eigenvalue weighted by Crippen LogP contribution is 2.21. The van der Waals surface area contributed by atoms with E-state index in [0.29, 0.717) is 11.6 Å². The average Bonchev–Trinajstić information content (AvgIpc) is 2.87. The molecule has 0 atom stereocenters. The molecule has 0 aliphatic carbocycles. The van der Waals surface area contributed by atoms with E-state index in [-0.39, 0.29) is 12.5 Å². The molecule has 0 aliphatic heterocycles. The second-order valence-electron chi connectivity index (χ2n) is 8.02. The van der Waals surface area contributed by atoms with Crippen LogP contribution in [0.4, 0.5) is 10.5 Å². The smallest absolute Gasteiger partial charge is 0.410 e. The lowest BCUT2D eigenvalue weighted by atomic mass is 10.2. The molecule has 6 nitrogen and oxygen atoms in total. The zero-order chi connectivity index (χ0) is 19.5. The number of likely N-dealkylation sites (N-methyl/N-ethyl adjacent to an activating group) is 1. The number of hydrogen-bond donors (Lipinski definition) is 1. The largest absolute Gasteiger partial charge is 0.444 e. The van der Waals surface area contributed by atoms with Gasteiger partial charge >= 0.3 is 6.09 Å². The van der Waals surface area contributed by atoms with Gasteiger partial charge in [-0.3, -0.25) is 4.79 Å². The molecule has 0 saturated heterocycles. The summed E-state index contributed by atoms with van der Waals surface area (Å²) in [5.74, 6) is 0.299. The Morgan fingerprint density at radius 1 is 1.23 bits per heavy atom. The van der Waals surface area contributed by atoms with Crippen molar-refractivity contribution >= 4 is 28.6 Å². The van der Waals surface area contributed by atoms with Crippen molar-refractivity contribution in [1.82, 2.24) is 9.47 Å². The number of benzene rings is 1. The Morgan fingerprint density at radius 3 is 2.54 bits per heavy atom. The zero-order valence-corrected chi connectivity index (χ0v) is 16.5. The topological polar surface area (TPSA) is 63.6 Å². The van der Waals surface area contributed by atoms with Crippen LogP contribution in [0.3, 0.4) is 0 Å². The van der Waals surface area contributed by atoms with Gasteiger partial charge in [-0.15, -0.1) is 0 Å². The van der Waals surface area contributed by atoms with Crippen molar-refractivity contribution in [1.29, 1.82) is 0 Å². The van der Waals surface area contributed by atoms with Gasteiger partial charge in [0.05, 0.1) is 0 Å². The first-order valence-electron chi connectivity index (χ1n) is 8.88. The predicted octanol–water partition coefficient (Wildman–Crippen LogP) is 4.10. The van der Waals surface area contributed by atoms with E-state index in [1.54, 1.807) is 27.8 Å². The second kappa shape index (κ2) is 7.81. The Hall–Kier alpha value is -2.50. The Bertz CT molecular complexity index is 787. The lowest BCUT2D eigenvalue weighted by Crippen LogP contribution is -2.38. The summed E-state index contributed by atoms with van der Waals surface area (Å²) in [6, 6.07) is 7.87. The molecule has 6 heteroatoms. The zero-order valence-electron chi connectivity index (χ0n) is 16.5. The molecule has 0 spiro atoms. The van der Waals surface area contributed by atoms with Gasteiger partial charge in [0.1, 0.15) is 12.1 Å². The number of carbonyl (C=O) groups is 2. The molecule has 0 saturated carbocycles. The number of amides is 2. The number of fused-ring (bicyclic) bond motifs is 1. The van der Waals surface area contributed by atoms with Gasteiger partial charge in [-0.2, -0.15) is 0 Å². The molecule has 142 valence electrons. The van der Waals surface area contributed by atoms with Gasteiger partial charge in [0.2, 0.25) is 5.91 Å². The van der Waals surface area contributed by atoms with E-state index in [1.165, 1.54) is 4.90 Å². The average molecular weight is 359 g/mol. The highest BCUT2D eigenvalue weighted by atomic mass is 16.6. The number of hydrogen-bond acceptors (Lipinski definition) is 3. The third-order valence-electron chi connectivity index (χ3n) is 3.70. The summed E-state index contributed by atoms with van der Waals surface area (Å²) >= 11 is 0. The van der Waals surface area contributed by atoms with Gasteiger partial charge in [-0.25, -0.2) is 4.79 Å². The maximum Gasteiger partial charge on any atom is 0.410 e. The Kier molecular flexibility index (Phi) is 5.95. The summed E-state index contributed by atoms with van der Waals surface area (Å²) in [7, 11) is 1.54. The predicted molar refractivity (Wildman–Crippen MR) is 104 cm³/mol. The van der Waals surface area contributed by atoms with Crippen LogP contribution in [0, 0.1) is 5.92 Å². The lowest BCUT2D eigenvalue weighted by Gasteiger charge is -2.24. The number of aromatic nitrogens is 1. The highest BCUT2D eigenvalue weighted by molar-refractivity contribution is 5.96. The maximum absolute atomic E-state index is 12.2. The van der Waals surface area contributed by atoms with Gasteiger partial charge in [0, 0.05) is 36.4 Å². The molecule has 1 aromatic carbocycles. The van der Waals surface area contributed by atoms with Crippen LogP contribution < -0.4 is 5.32 Å². The maximum atomic E-state index is 12.2. The quantitative estimate of drug-likeness (QED) is 0.874. The van der Waals surface area contributed by atoms with Crippen molar-refractivity contribution in [2.24, 2.45) is 5.92 Å². The molecule has 1 N–H and O–H groups in total. The van der Waals surface area contributed by atoms with Crippen LogP contribution in [-0.4, -0.2) is 40.7 Å². The number of carbonyl (C=O) groups excluding carboxylic acids is 2. The number of rotatable bonds is 5. The van der Waals surface area contributed by atoms with Crippen molar-refractivity contribution in [3.8, 4) is 0 Å². The van der Waals surface area contributed by atoms with E-state index < -0.39 is 11.7 Å². The minimum atomic E-state index is -0.587.